The zero-order chi connectivity index (χ0) is 12.5. The van der Waals surface area contributed by atoms with Crippen LogP contribution in [0, 0.1) is 0 Å². The van der Waals surface area contributed by atoms with Gasteiger partial charge in [0.15, 0.2) is 15.7 Å². The van der Waals surface area contributed by atoms with Crippen molar-refractivity contribution < 1.29 is 13.5 Å². The number of pyridine rings is 1. The van der Waals surface area contributed by atoms with E-state index >= 15 is 0 Å². The van der Waals surface area contributed by atoms with Crippen LogP contribution in [0.5, 0.6) is 0 Å². The van der Waals surface area contributed by atoms with Crippen LogP contribution in [0.15, 0.2) is 35.6 Å². The van der Waals surface area contributed by atoms with Crippen LogP contribution in [0.2, 0.25) is 0 Å². The first-order chi connectivity index (χ1) is 8.00. The van der Waals surface area contributed by atoms with Gasteiger partial charge in [0.05, 0.1) is 19.0 Å². The Kier molecular flexibility index (Phi) is 2.95. The van der Waals surface area contributed by atoms with Gasteiger partial charge in [0.1, 0.15) is 4.90 Å². The molecule has 6 nitrogen and oxygen atoms in total. The maximum absolute atomic E-state index is 11.3. The van der Waals surface area contributed by atoms with Crippen LogP contribution in [-0.4, -0.2) is 34.5 Å². The molecule has 2 heterocycles. The van der Waals surface area contributed by atoms with Crippen LogP contribution in [0.25, 0.3) is 5.82 Å². The summed E-state index contributed by atoms with van der Waals surface area (Å²) >= 11 is 0. The first-order valence-electron chi connectivity index (χ1n) is 4.81. The SMILES string of the molecule is CS(=O)(=O)c1cnn(-c2cc(CO)ccn2)c1. The van der Waals surface area contributed by atoms with Crippen LogP contribution < -0.4 is 0 Å². The standard InChI is InChI=1S/C10H11N3O3S/c1-17(15,16)9-5-12-13(6-9)10-4-8(7-14)2-3-11-10/h2-6,14H,7H2,1H3. The zero-order valence-corrected chi connectivity index (χ0v) is 9.92. The summed E-state index contributed by atoms with van der Waals surface area (Å²) in [6.45, 7) is -0.101. The Bertz CT molecular complexity index is 634. The third-order valence-electron chi connectivity index (χ3n) is 2.21. The quantitative estimate of drug-likeness (QED) is 0.842. The molecule has 0 radical (unpaired) electrons. The highest BCUT2D eigenvalue weighted by Crippen LogP contribution is 2.11. The van der Waals surface area contributed by atoms with Crippen molar-refractivity contribution in [1.29, 1.82) is 0 Å². The van der Waals surface area contributed by atoms with E-state index in [9.17, 15) is 8.42 Å². The van der Waals surface area contributed by atoms with Crippen molar-refractivity contribution in [3.05, 3.63) is 36.3 Å². The molecule has 90 valence electrons. The van der Waals surface area contributed by atoms with Crippen molar-refractivity contribution in [2.45, 2.75) is 11.5 Å². The van der Waals surface area contributed by atoms with Crippen LogP contribution in [0.3, 0.4) is 0 Å². The molecule has 0 bridgehead atoms. The number of hydrogen-bond acceptors (Lipinski definition) is 5. The molecule has 0 aromatic carbocycles. The highest BCUT2D eigenvalue weighted by Gasteiger charge is 2.11. The Morgan fingerprint density at radius 1 is 1.47 bits per heavy atom. The van der Waals surface area contributed by atoms with Crippen molar-refractivity contribution in [3.8, 4) is 5.82 Å². The molecule has 0 aliphatic rings. The summed E-state index contributed by atoms with van der Waals surface area (Å²) in [7, 11) is -3.27. The van der Waals surface area contributed by atoms with Crippen molar-refractivity contribution >= 4 is 9.84 Å². The lowest BCUT2D eigenvalue weighted by Crippen LogP contribution is -1.99. The summed E-state index contributed by atoms with van der Waals surface area (Å²) in [6.07, 6.45) is 5.30. The van der Waals surface area contributed by atoms with Crippen LogP contribution in [-0.2, 0) is 16.4 Å². The number of hydrogen-bond donors (Lipinski definition) is 1. The molecular formula is C10H11N3O3S. The first-order valence-corrected chi connectivity index (χ1v) is 6.71. The van der Waals surface area contributed by atoms with E-state index in [2.05, 4.69) is 10.1 Å². The third kappa shape index (κ3) is 2.51. The molecule has 0 unspecified atom stereocenters. The van der Waals surface area contributed by atoms with Gasteiger partial charge in [-0.15, -0.1) is 0 Å². The molecule has 0 atom stereocenters. The molecular weight excluding hydrogens is 242 g/mol. The Morgan fingerprint density at radius 3 is 2.82 bits per heavy atom. The van der Waals surface area contributed by atoms with E-state index in [1.165, 1.54) is 23.3 Å². The van der Waals surface area contributed by atoms with Crippen molar-refractivity contribution in [3.63, 3.8) is 0 Å². The minimum atomic E-state index is -3.27. The molecule has 0 spiro atoms. The molecule has 1 N–H and O–H groups in total. The monoisotopic (exact) mass is 253 g/mol. The average Bonchev–Trinajstić information content (AvgIpc) is 2.78. The predicted molar refractivity (Wildman–Crippen MR) is 60.4 cm³/mol. The van der Waals surface area contributed by atoms with E-state index in [0.717, 1.165) is 6.26 Å². The molecule has 0 aliphatic heterocycles. The van der Waals surface area contributed by atoms with Gasteiger partial charge in [0.2, 0.25) is 0 Å². The predicted octanol–water partition coefficient (Wildman–Crippen LogP) is 0.163. The lowest BCUT2D eigenvalue weighted by atomic mass is 10.3. The second kappa shape index (κ2) is 4.27. The van der Waals surface area contributed by atoms with Crippen molar-refractivity contribution in [1.82, 2.24) is 14.8 Å². The molecule has 17 heavy (non-hydrogen) atoms. The number of rotatable bonds is 3. The van der Waals surface area contributed by atoms with E-state index in [4.69, 9.17) is 5.11 Å². The Balaban J connectivity index is 2.43. The lowest BCUT2D eigenvalue weighted by Gasteiger charge is -2.01. The smallest absolute Gasteiger partial charge is 0.178 e. The minimum Gasteiger partial charge on any atom is -0.392 e. The number of aliphatic hydroxyl groups is 1. The van der Waals surface area contributed by atoms with E-state index in [-0.39, 0.29) is 11.5 Å². The second-order valence-electron chi connectivity index (χ2n) is 3.57. The topological polar surface area (TPSA) is 85.1 Å². The van der Waals surface area contributed by atoms with E-state index < -0.39 is 9.84 Å². The maximum Gasteiger partial charge on any atom is 0.178 e. The highest BCUT2D eigenvalue weighted by atomic mass is 32.2. The molecule has 2 aromatic rings. The third-order valence-corrected chi connectivity index (χ3v) is 3.28. The van der Waals surface area contributed by atoms with E-state index in [1.807, 2.05) is 0 Å². The van der Waals surface area contributed by atoms with Crippen molar-refractivity contribution in [2.24, 2.45) is 0 Å². The zero-order valence-electron chi connectivity index (χ0n) is 9.11. The number of aliphatic hydroxyl groups excluding tert-OH is 1. The molecule has 0 aliphatic carbocycles. The largest absolute Gasteiger partial charge is 0.392 e. The summed E-state index contributed by atoms with van der Waals surface area (Å²) in [4.78, 5) is 4.18. The fraction of sp³-hybridized carbons (Fsp3) is 0.200. The number of sulfone groups is 1. The molecule has 0 fully saturated rings. The Morgan fingerprint density at radius 2 is 2.24 bits per heavy atom. The van der Waals surface area contributed by atoms with E-state index in [0.29, 0.717) is 11.4 Å². The lowest BCUT2D eigenvalue weighted by molar-refractivity contribution is 0.281. The summed E-state index contributed by atoms with van der Waals surface area (Å²) in [5, 5.41) is 12.9. The van der Waals surface area contributed by atoms with Gasteiger partial charge >= 0.3 is 0 Å². The van der Waals surface area contributed by atoms with Crippen LogP contribution in [0.4, 0.5) is 0 Å². The Labute approximate surface area is 98.5 Å². The van der Waals surface area contributed by atoms with Crippen LogP contribution in [0.1, 0.15) is 5.56 Å². The normalized spacial score (nSPS) is 11.6. The van der Waals surface area contributed by atoms with Gasteiger partial charge < -0.3 is 5.11 Å². The maximum atomic E-state index is 11.3. The van der Waals surface area contributed by atoms with Crippen LogP contribution >= 0.6 is 0 Å². The minimum absolute atomic E-state index is 0.101. The molecule has 2 rings (SSSR count). The second-order valence-corrected chi connectivity index (χ2v) is 5.59. The number of nitrogens with zero attached hydrogens (tertiary/aromatic N) is 3. The van der Waals surface area contributed by atoms with Crippen molar-refractivity contribution in [2.75, 3.05) is 6.26 Å². The molecule has 0 amide bonds. The first kappa shape index (κ1) is 11.7. The average molecular weight is 253 g/mol. The molecule has 7 heteroatoms. The number of aromatic nitrogens is 3. The van der Waals surface area contributed by atoms with Gasteiger partial charge in [0, 0.05) is 12.5 Å². The fourth-order valence-electron chi connectivity index (χ4n) is 1.31. The summed E-state index contributed by atoms with van der Waals surface area (Å²) < 4.78 is 23.9. The molecule has 0 saturated heterocycles. The summed E-state index contributed by atoms with van der Waals surface area (Å²) in [6, 6.07) is 3.31. The Hall–Kier alpha value is -1.73. The van der Waals surface area contributed by atoms with E-state index in [1.54, 1.807) is 12.1 Å². The van der Waals surface area contributed by atoms with Gasteiger partial charge in [-0.1, -0.05) is 0 Å². The molecule has 0 saturated carbocycles. The highest BCUT2D eigenvalue weighted by molar-refractivity contribution is 7.90. The summed E-state index contributed by atoms with van der Waals surface area (Å²) in [5.41, 5.74) is 0.686. The van der Waals surface area contributed by atoms with Gasteiger partial charge in [0.25, 0.3) is 0 Å². The van der Waals surface area contributed by atoms with Gasteiger partial charge in [-0.25, -0.2) is 18.1 Å². The van der Waals surface area contributed by atoms with Gasteiger partial charge in [-0.3, -0.25) is 0 Å². The molecule has 2 aromatic heterocycles. The summed E-state index contributed by atoms with van der Waals surface area (Å²) in [5.74, 6) is 0.464. The van der Waals surface area contributed by atoms with Gasteiger partial charge in [-0.05, 0) is 17.7 Å². The fourth-order valence-corrected chi connectivity index (χ4v) is 1.84. The van der Waals surface area contributed by atoms with Gasteiger partial charge in [-0.2, -0.15) is 5.10 Å².